The summed E-state index contributed by atoms with van der Waals surface area (Å²) in [5.41, 5.74) is 12.2. The molecule has 0 aliphatic carbocycles. The van der Waals surface area contributed by atoms with Crippen molar-refractivity contribution in [3.8, 4) is 21.1 Å². The second-order valence-corrected chi connectivity index (χ2v) is 14.1. The molecule has 10 heteroatoms. The Morgan fingerprint density at radius 1 is 0.571 bits per heavy atom. The molecule has 240 valence electrons. The third-order valence-electron chi connectivity index (χ3n) is 8.35. The molecule has 0 unspecified atom stereocenters. The largest absolute Gasteiger partial charge is 0.463 e. The molecule has 0 N–H and O–H groups in total. The van der Waals surface area contributed by atoms with Crippen molar-refractivity contribution in [1.82, 2.24) is 20.4 Å². The molecule has 0 bridgehead atoms. The number of aryl methyl sites for hydroxylation is 4. The van der Waals surface area contributed by atoms with Crippen molar-refractivity contribution in [2.24, 2.45) is 9.98 Å². The molecule has 4 heterocycles. The number of rotatable bonds is 8. The highest BCUT2D eigenvalue weighted by Crippen LogP contribution is 2.39. The fraction of sp³-hybridized carbons (Fsp3) is 0.128. The zero-order valence-electron chi connectivity index (χ0n) is 27.3. The zero-order valence-corrected chi connectivity index (χ0v) is 28.9. The van der Waals surface area contributed by atoms with Crippen LogP contribution in [0.5, 0.6) is 0 Å². The number of fused-ring (bicyclic) bond motifs is 2. The van der Waals surface area contributed by atoms with Crippen molar-refractivity contribution in [2.75, 3.05) is 0 Å². The first-order chi connectivity index (χ1) is 23.9. The molecule has 4 aromatic carbocycles. The van der Waals surface area contributed by atoms with Gasteiger partial charge >= 0.3 is 0 Å². The number of aromatic nitrogens is 4. The van der Waals surface area contributed by atoms with Gasteiger partial charge in [0, 0.05) is 23.2 Å². The molecule has 0 aliphatic rings. The topological polar surface area (TPSA) is 103 Å². The van der Waals surface area contributed by atoms with Gasteiger partial charge < -0.3 is 8.83 Å². The van der Waals surface area contributed by atoms with E-state index < -0.39 is 0 Å². The maximum atomic E-state index is 6.05. The van der Waals surface area contributed by atoms with Gasteiger partial charge in [-0.2, -0.15) is 0 Å². The van der Waals surface area contributed by atoms with E-state index >= 15 is 0 Å². The molecule has 0 saturated heterocycles. The van der Waals surface area contributed by atoms with E-state index in [1.807, 2.05) is 36.7 Å². The number of aliphatic imine (C=N–C) groups is 2. The molecule has 0 fully saturated rings. The van der Waals surface area contributed by atoms with Crippen LogP contribution in [0, 0.1) is 27.7 Å². The normalized spacial score (nSPS) is 12.0. The lowest BCUT2D eigenvalue weighted by Crippen LogP contribution is -1.92. The van der Waals surface area contributed by atoms with Gasteiger partial charge in [-0.15, -0.1) is 20.4 Å². The molecule has 8 nitrogen and oxygen atoms in total. The molecular formula is C39H30N6O2S2. The average Bonchev–Trinajstić information content (AvgIpc) is 3.92. The lowest BCUT2D eigenvalue weighted by Gasteiger charge is -2.08. The predicted octanol–water partition coefficient (Wildman–Crippen LogP) is 10.5. The summed E-state index contributed by atoms with van der Waals surface area (Å²) >= 11 is 2.88. The van der Waals surface area contributed by atoms with Crippen LogP contribution in [0.25, 0.3) is 43.1 Å². The van der Waals surface area contributed by atoms with Gasteiger partial charge in [-0.3, -0.25) is 0 Å². The Hall–Kier alpha value is -5.58. The van der Waals surface area contributed by atoms with Crippen molar-refractivity contribution >= 4 is 67.3 Å². The Labute approximate surface area is 290 Å². The van der Waals surface area contributed by atoms with Gasteiger partial charge in [0.2, 0.25) is 10.3 Å². The summed E-state index contributed by atoms with van der Waals surface area (Å²) in [5.74, 6) is 0. The Morgan fingerprint density at radius 3 is 1.43 bits per heavy atom. The Morgan fingerprint density at radius 2 is 1.00 bits per heavy atom. The highest BCUT2D eigenvalue weighted by Gasteiger charge is 2.19. The minimum atomic E-state index is 0.586. The van der Waals surface area contributed by atoms with E-state index in [2.05, 4.69) is 107 Å². The monoisotopic (exact) mass is 678 g/mol. The zero-order chi connectivity index (χ0) is 33.5. The summed E-state index contributed by atoms with van der Waals surface area (Å²) in [6.07, 6.45) is 7.90. The summed E-state index contributed by atoms with van der Waals surface area (Å²) in [4.78, 5) is 9.18. The van der Waals surface area contributed by atoms with E-state index in [0.717, 1.165) is 76.5 Å². The number of furan rings is 2. The van der Waals surface area contributed by atoms with Crippen LogP contribution in [-0.4, -0.2) is 32.8 Å². The molecule has 49 heavy (non-hydrogen) atoms. The standard InChI is InChI=1S/C39H30N6O2S2/c1-22-5-9-26(10-6-22)18-40-38-44-42-36(48-38)32-16-28(14-30-24(3)20-46-34(30)32)13-29-15-31-25(4)21-47-35(31)33(17-29)37-43-45-39(49-37)41-19-27-11-7-23(2)8-12-27/h5-12,14-21H,13H2,1-4H3/b40-18+,41-19+. The van der Waals surface area contributed by atoms with E-state index in [1.54, 1.807) is 12.5 Å². The molecule has 4 aromatic heterocycles. The lowest BCUT2D eigenvalue weighted by atomic mass is 9.97. The van der Waals surface area contributed by atoms with E-state index in [0.29, 0.717) is 16.7 Å². The number of hydrogen-bond donors (Lipinski definition) is 0. The van der Waals surface area contributed by atoms with Gasteiger partial charge in [0.15, 0.2) is 10.0 Å². The first-order valence-corrected chi connectivity index (χ1v) is 17.4. The fourth-order valence-corrected chi connectivity index (χ4v) is 7.12. The fourth-order valence-electron chi connectivity index (χ4n) is 5.71. The Bertz CT molecular complexity index is 2340. The van der Waals surface area contributed by atoms with E-state index in [4.69, 9.17) is 8.83 Å². The minimum absolute atomic E-state index is 0.586. The summed E-state index contributed by atoms with van der Waals surface area (Å²) in [5, 5.41) is 22.6. The molecule has 0 spiro atoms. The highest BCUT2D eigenvalue weighted by molar-refractivity contribution is 7.18. The van der Waals surface area contributed by atoms with Crippen molar-refractivity contribution in [2.45, 2.75) is 34.1 Å². The minimum Gasteiger partial charge on any atom is -0.463 e. The maximum Gasteiger partial charge on any atom is 0.231 e. The van der Waals surface area contributed by atoms with Crippen LogP contribution < -0.4 is 0 Å². The Kier molecular flexibility index (Phi) is 8.03. The molecule has 0 radical (unpaired) electrons. The van der Waals surface area contributed by atoms with Crippen LogP contribution >= 0.6 is 22.7 Å². The van der Waals surface area contributed by atoms with Crippen LogP contribution in [0.2, 0.25) is 0 Å². The quantitative estimate of drug-likeness (QED) is 0.148. The number of benzene rings is 4. The van der Waals surface area contributed by atoms with Gasteiger partial charge in [0.25, 0.3) is 0 Å². The molecule has 0 atom stereocenters. The summed E-state index contributed by atoms with van der Waals surface area (Å²) in [6.45, 7) is 8.25. The first-order valence-electron chi connectivity index (χ1n) is 15.8. The van der Waals surface area contributed by atoms with E-state index in [9.17, 15) is 0 Å². The molecule has 0 amide bonds. The van der Waals surface area contributed by atoms with Gasteiger partial charge in [0.1, 0.15) is 11.2 Å². The van der Waals surface area contributed by atoms with Crippen molar-refractivity contribution in [3.63, 3.8) is 0 Å². The number of nitrogens with zero attached hydrogens (tertiary/aromatic N) is 6. The molecule has 8 aromatic rings. The lowest BCUT2D eigenvalue weighted by molar-refractivity contribution is 0.613. The smallest absolute Gasteiger partial charge is 0.231 e. The van der Waals surface area contributed by atoms with Crippen molar-refractivity contribution < 1.29 is 8.83 Å². The van der Waals surface area contributed by atoms with Crippen LogP contribution in [0.4, 0.5) is 10.3 Å². The van der Waals surface area contributed by atoms with Crippen LogP contribution in [0.3, 0.4) is 0 Å². The van der Waals surface area contributed by atoms with Crippen LogP contribution in [-0.2, 0) is 6.42 Å². The molecule has 8 rings (SSSR count). The first kappa shape index (κ1) is 30.7. The van der Waals surface area contributed by atoms with Gasteiger partial charge in [-0.1, -0.05) is 82.3 Å². The third kappa shape index (κ3) is 6.36. The van der Waals surface area contributed by atoms with E-state index in [1.165, 1.54) is 33.8 Å². The SMILES string of the molecule is Cc1ccc(/C=N/c2nnc(-c3cc(Cc4cc(-c5nnc(/N=C/c6ccc(C)cc6)s5)c5occ(C)c5c4)cc4c(C)coc34)s2)cc1. The van der Waals surface area contributed by atoms with Gasteiger partial charge in [0.05, 0.1) is 23.7 Å². The van der Waals surface area contributed by atoms with Crippen molar-refractivity contribution in [3.05, 3.63) is 130 Å². The molecule has 0 aliphatic heterocycles. The van der Waals surface area contributed by atoms with Crippen LogP contribution in [0.1, 0.15) is 44.5 Å². The molecule has 0 saturated carbocycles. The number of hydrogen-bond acceptors (Lipinski definition) is 10. The summed E-state index contributed by atoms with van der Waals surface area (Å²) < 4.78 is 12.1. The van der Waals surface area contributed by atoms with Gasteiger partial charge in [-0.05, 0) is 91.8 Å². The second-order valence-electron chi connectivity index (χ2n) is 12.2. The van der Waals surface area contributed by atoms with Gasteiger partial charge in [-0.25, -0.2) is 9.98 Å². The average molecular weight is 679 g/mol. The summed E-state index contributed by atoms with van der Waals surface area (Å²) in [6, 6.07) is 25.1. The third-order valence-corrected chi connectivity index (χ3v) is 10.1. The highest BCUT2D eigenvalue weighted by atomic mass is 32.1. The van der Waals surface area contributed by atoms with E-state index in [-0.39, 0.29) is 0 Å². The predicted molar refractivity (Wildman–Crippen MR) is 199 cm³/mol. The van der Waals surface area contributed by atoms with Crippen molar-refractivity contribution in [1.29, 1.82) is 0 Å². The maximum absolute atomic E-state index is 6.05. The Balaban J connectivity index is 1.12. The second kappa shape index (κ2) is 12.8. The summed E-state index contributed by atoms with van der Waals surface area (Å²) in [7, 11) is 0. The molecular weight excluding hydrogens is 649 g/mol. The van der Waals surface area contributed by atoms with Crippen LogP contribution in [0.15, 0.2) is 104 Å².